The minimum atomic E-state index is -0.0463. The number of fused-ring (bicyclic) bond motifs is 7. The number of ether oxygens (including phenoxy) is 9. The summed E-state index contributed by atoms with van der Waals surface area (Å²) in [6.45, 7) is 53.0. The van der Waals surface area contributed by atoms with Crippen molar-refractivity contribution in [2.75, 3.05) is 66.1 Å². The second kappa shape index (κ2) is 77.8. The summed E-state index contributed by atoms with van der Waals surface area (Å²) in [5.41, 5.74) is 0. The lowest BCUT2D eigenvalue weighted by atomic mass is 9.56. The number of Topliss-reactive ketones (excluding diaryl/α,β-unsaturated/α-hetero) is 2. The maximum atomic E-state index is 11.6. The molecule has 9 aliphatic heterocycles. The Morgan fingerprint density at radius 2 is 0.673 bits per heavy atom. The van der Waals surface area contributed by atoms with Crippen molar-refractivity contribution >= 4 is 41.4 Å². The molecular formula is C91H176O16. The number of carbonyl (C=O) groups excluding carboxylic acids is 7. The minimum Gasteiger partial charge on any atom is -0.466 e. The molecule has 10 unspecified atom stereocenters. The molecule has 19 aliphatic rings. The molecule has 19 rings (SSSR count). The van der Waals surface area contributed by atoms with Crippen LogP contribution in [0.4, 0.5) is 0 Å². The van der Waals surface area contributed by atoms with Crippen molar-refractivity contribution in [1.82, 2.24) is 0 Å². The third-order valence-corrected chi connectivity index (χ3v) is 20.6. The first-order valence-electron chi connectivity index (χ1n) is 45.8. The largest absolute Gasteiger partial charge is 0.466 e. The Morgan fingerprint density at radius 3 is 1.03 bits per heavy atom. The zero-order valence-corrected chi connectivity index (χ0v) is 74.1. The van der Waals surface area contributed by atoms with Crippen molar-refractivity contribution < 1.29 is 76.2 Å². The molecule has 9 saturated heterocycles. The molecule has 107 heavy (non-hydrogen) atoms. The third-order valence-electron chi connectivity index (χ3n) is 20.6. The minimum absolute atomic E-state index is 0.0255. The number of hydrogen-bond donors (Lipinski definition) is 0. The van der Waals surface area contributed by atoms with E-state index in [0.717, 1.165) is 153 Å². The van der Waals surface area contributed by atoms with E-state index >= 15 is 0 Å². The highest BCUT2D eigenvalue weighted by atomic mass is 16.6. The number of cyclic esters (lactones) is 3. The van der Waals surface area contributed by atoms with Gasteiger partial charge in [0.1, 0.15) is 23.8 Å². The highest BCUT2D eigenvalue weighted by Gasteiger charge is 2.56. The molecule has 12 bridgehead atoms. The van der Waals surface area contributed by atoms with Gasteiger partial charge in [-0.15, -0.1) is 0 Å². The van der Waals surface area contributed by atoms with Gasteiger partial charge in [-0.05, 0) is 229 Å². The second-order valence-corrected chi connectivity index (χ2v) is 27.5. The predicted octanol–water partition coefficient (Wildman–Crippen LogP) is 24.0. The van der Waals surface area contributed by atoms with Crippen LogP contribution in [0.1, 0.15) is 396 Å². The van der Waals surface area contributed by atoms with Crippen LogP contribution in [0.2, 0.25) is 0 Å². The van der Waals surface area contributed by atoms with Gasteiger partial charge in [0, 0.05) is 95.6 Å². The van der Waals surface area contributed by atoms with E-state index in [0.29, 0.717) is 92.4 Å². The fourth-order valence-corrected chi connectivity index (χ4v) is 16.1. The monoisotopic (exact) mass is 1530 g/mol. The summed E-state index contributed by atoms with van der Waals surface area (Å²) in [5, 5.41) is 0. The molecule has 636 valence electrons. The molecule has 0 amide bonds. The third kappa shape index (κ3) is 49.6. The van der Waals surface area contributed by atoms with E-state index < -0.39 is 0 Å². The van der Waals surface area contributed by atoms with Crippen molar-refractivity contribution in [2.24, 2.45) is 65.1 Å². The van der Waals surface area contributed by atoms with E-state index in [-0.39, 0.29) is 41.9 Å². The molecule has 0 aromatic rings. The Kier molecular flexibility index (Phi) is 79.9. The van der Waals surface area contributed by atoms with Crippen molar-refractivity contribution in [3.63, 3.8) is 0 Å². The Morgan fingerprint density at radius 1 is 0.271 bits per heavy atom. The molecule has 10 atom stereocenters. The van der Waals surface area contributed by atoms with Crippen LogP contribution in [0.3, 0.4) is 0 Å². The van der Waals surface area contributed by atoms with E-state index in [1.807, 2.05) is 152 Å². The van der Waals surface area contributed by atoms with Gasteiger partial charge in [0.25, 0.3) is 0 Å². The van der Waals surface area contributed by atoms with Crippen LogP contribution in [-0.4, -0.2) is 126 Å². The molecule has 19 fully saturated rings. The van der Waals surface area contributed by atoms with Crippen LogP contribution in [0, 0.1) is 65.1 Å². The highest BCUT2D eigenvalue weighted by molar-refractivity contribution is 5.85. The molecule has 10 saturated carbocycles. The van der Waals surface area contributed by atoms with Gasteiger partial charge in [0.2, 0.25) is 0 Å². The SMILES string of the molecule is C1CC2COC(C1)C2.C1CCCOCC1.C1CCOC1.C1CCOCC1.CC.CC.CC.CC.CC.CC.CC.CC.CC.CC.CC.O=C1C2CC3CC(C2)CC1C3.O=C1CC2CCC1C2.O=C1CCCCCO1.O=C1CCCCO1.O=C1CCCO1.O=C1OC2CC3CC1C2C3.O=C1OC2CCCC1C2. The van der Waals surface area contributed by atoms with E-state index in [1.165, 1.54) is 148 Å². The number of esters is 5. The average Bonchev–Trinajstić information content (AvgIpc) is 1.70. The van der Waals surface area contributed by atoms with Crippen LogP contribution in [0.5, 0.6) is 0 Å². The summed E-state index contributed by atoms with van der Waals surface area (Å²) < 4.78 is 44.8. The number of ketones is 2. The van der Waals surface area contributed by atoms with Gasteiger partial charge in [-0.25, -0.2) is 0 Å². The maximum absolute atomic E-state index is 11.6. The van der Waals surface area contributed by atoms with Crippen LogP contribution in [0.25, 0.3) is 0 Å². The Bertz CT molecular complexity index is 1930. The molecule has 0 radical (unpaired) electrons. The van der Waals surface area contributed by atoms with E-state index in [1.54, 1.807) is 0 Å². The fraction of sp³-hybridized carbons (Fsp3) is 0.923. The summed E-state index contributed by atoms with van der Waals surface area (Å²) in [6, 6.07) is 0. The van der Waals surface area contributed by atoms with Crippen LogP contribution in [0.15, 0.2) is 0 Å². The van der Waals surface area contributed by atoms with Crippen molar-refractivity contribution in [3.05, 3.63) is 0 Å². The Hall–Kier alpha value is -3.47. The molecule has 0 aromatic carbocycles. The van der Waals surface area contributed by atoms with Gasteiger partial charge < -0.3 is 42.6 Å². The fourth-order valence-electron chi connectivity index (χ4n) is 16.1. The average molecular weight is 1530 g/mol. The molecule has 16 nitrogen and oxygen atoms in total. The lowest BCUT2D eigenvalue weighted by Gasteiger charge is -2.48. The van der Waals surface area contributed by atoms with Crippen molar-refractivity contribution in [1.29, 1.82) is 0 Å². The second-order valence-electron chi connectivity index (χ2n) is 27.5. The van der Waals surface area contributed by atoms with Gasteiger partial charge >= 0.3 is 29.8 Å². The molecule has 9 heterocycles. The normalized spacial score (nSPS) is 29.6. The molecule has 10 aliphatic carbocycles. The molecule has 0 aromatic heterocycles. The topological polar surface area (TPSA) is 203 Å². The van der Waals surface area contributed by atoms with Crippen LogP contribution >= 0.6 is 0 Å². The molecule has 0 spiro atoms. The quantitative estimate of drug-likeness (QED) is 0.163. The van der Waals surface area contributed by atoms with Gasteiger partial charge in [0.15, 0.2) is 0 Å². The lowest BCUT2D eigenvalue weighted by Crippen LogP contribution is -2.45. The standard InChI is InChI=1S/C10H14O.C8H10O2.C7H10O2.C7H10O.C7H12O.C6H10O2.C6H12O.C5H8O2.C5H10O.C4H6O2.C4H8O.11C2H6/c11-10-8-2-6-1-7(4-8)5-9(10)3-6;9-8-6-2-4-1-5(6)7(3-4)10-8;8-7-5-2-1-3-6(4-5)9-7;8-7-4-5-1-2-6(7)3-5;1-2-6-4-7(3-1)8-5-6;7-6-4-2-1-3-5-8-6;1-2-4-6-7-5-3-1;6-5-3-1-2-4-7-5;1-2-4-6-5-3-1;5-4-2-1-3-6-4;1-2-4-5-3-1;11*1-2/h6-9H,1-5H2;4-7H,1-3H2;5-6H,1-4H2;5-6H,1-4H2;6-7H,1-5H2;1-5H2;1-6H2;1-4H2;1-5H2;1-3H2;1-4H2;11*1-2H3. The zero-order valence-electron chi connectivity index (χ0n) is 74.1. The zero-order chi connectivity index (χ0) is 81.4. The van der Waals surface area contributed by atoms with Gasteiger partial charge in [-0.1, -0.05) is 172 Å². The molecular weight excluding hydrogens is 1350 g/mol. The predicted molar refractivity (Wildman–Crippen MR) is 444 cm³/mol. The lowest BCUT2D eigenvalue weighted by molar-refractivity contribution is -0.147. The molecule has 16 heteroatoms. The first kappa shape index (κ1) is 110. The Labute approximate surface area is 660 Å². The number of rotatable bonds is 0. The van der Waals surface area contributed by atoms with Gasteiger partial charge in [0.05, 0.1) is 37.8 Å². The van der Waals surface area contributed by atoms with Crippen LogP contribution in [-0.2, 0) is 76.2 Å². The summed E-state index contributed by atoms with van der Waals surface area (Å²) in [7, 11) is 0. The van der Waals surface area contributed by atoms with Crippen molar-refractivity contribution in [2.45, 2.75) is 415 Å². The van der Waals surface area contributed by atoms with Gasteiger partial charge in [-0.2, -0.15) is 0 Å². The first-order chi connectivity index (χ1) is 52.5. The highest BCUT2D eigenvalue weighted by Crippen LogP contribution is 2.54. The maximum Gasteiger partial charge on any atom is 0.309 e. The van der Waals surface area contributed by atoms with E-state index in [9.17, 15) is 33.6 Å². The summed E-state index contributed by atoms with van der Waals surface area (Å²) >= 11 is 0. The van der Waals surface area contributed by atoms with Crippen molar-refractivity contribution in [3.8, 4) is 0 Å². The smallest absolute Gasteiger partial charge is 0.309 e. The summed E-state index contributed by atoms with van der Waals surface area (Å²) in [5.74, 6) is 8.36. The summed E-state index contributed by atoms with van der Waals surface area (Å²) in [4.78, 5) is 75.0. The van der Waals surface area contributed by atoms with E-state index in [2.05, 4.69) is 9.47 Å². The Balaban J connectivity index is -0.000000534. The van der Waals surface area contributed by atoms with E-state index in [4.69, 9.17) is 33.2 Å². The van der Waals surface area contributed by atoms with Crippen LogP contribution < -0.4 is 0 Å². The molecule has 0 N–H and O–H groups in total. The summed E-state index contributed by atoms with van der Waals surface area (Å²) in [6.07, 6.45) is 45.6. The first-order valence-corrected chi connectivity index (χ1v) is 45.8. The number of hydrogen-bond acceptors (Lipinski definition) is 16. The number of carbonyl (C=O) groups is 7. The van der Waals surface area contributed by atoms with Gasteiger partial charge in [-0.3, -0.25) is 33.6 Å².